The lowest BCUT2D eigenvalue weighted by atomic mass is 10.1. The number of piperazine rings is 1. The lowest BCUT2D eigenvalue weighted by Crippen LogP contribution is -2.49. The minimum absolute atomic E-state index is 0.481. The lowest BCUT2D eigenvalue weighted by Gasteiger charge is -2.37. The van der Waals surface area contributed by atoms with Crippen molar-refractivity contribution < 1.29 is 74.0 Å². The van der Waals surface area contributed by atoms with Crippen molar-refractivity contribution in [3.63, 3.8) is 0 Å². The maximum atomic E-state index is 10.6. The highest BCUT2D eigenvalue weighted by Gasteiger charge is 2.40. The van der Waals surface area contributed by atoms with Gasteiger partial charge in [-0.2, -0.15) is 39.5 Å². The molecule has 1 aliphatic carbocycles. The van der Waals surface area contributed by atoms with Crippen molar-refractivity contribution in [2.24, 2.45) is 5.92 Å². The largest absolute Gasteiger partial charge is 0.490 e. The zero-order chi connectivity index (χ0) is 32.3. The summed E-state index contributed by atoms with van der Waals surface area (Å²) in [7, 11) is 0. The topological polar surface area (TPSA) is 140 Å². The third-order valence-electron chi connectivity index (χ3n) is 5.78. The van der Waals surface area contributed by atoms with E-state index in [4.69, 9.17) is 34.4 Å². The Hall–Kier alpha value is -3.19. The first kappa shape index (κ1) is 36.8. The Morgan fingerprint density at radius 3 is 1.76 bits per heavy atom. The van der Waals surface area contributed by atoms with Gasteiger partial charge in [-0.15, -0.1) is 0 Å². The summed E-state index contributed by atoms with van der Waals surface area (Å²) >= 11 is 0. The van der Waals surface area contributed by atoms with Crippen molar-refractivity contribution >= 4 is 17.9 Å². The molecule has 42 heavy (non-hydrogen) atoms. The molecule has 0 amide bonds. The maximum Gasteiger partial charge on any atom is 0.490 e. The average Bonchev–Trinajstić information content (AvgIpc) is 3.60. The molecule has 2 atom stereocenters. The van der Waals surface area contributed by atoms with E-state index in [9.17, 15) is 39.5 Å². The molecule has 2 aliphatic heterocycles. The molecule has 3 N–H and O–H groups in total. The van der Waals surface area contributed by atoms with Crippen LogP contribution in [0.3, 0.4) is 0 Å². The molecule has 0 radical (unpaired) electrons. The fourth-order valence-corrected chi connectivity index (χ4v) is 3.63. The molecule has 2 saturated heterocycles. The minimum Gasteiger partial charge on any atom is -0.475 e. The first-order chi connectivity index (χ1) is 19.2. The molecular weight excluding hydrogens is 601 g/mol. The Kier molecular flexibility index (Phi) is 13.9. The Bertz CT molecular complexity index is 947. The quantitative estimate of drug-likeness (QED) is 0.414. The summed E-state index contributed by atoms with van der Waals surface area (Å²) in [5.41, 5.74) is 1.32. The second-order valence-corrected chi connectivity index (χ2v) is 9.29. The summed E-state index contributed by atoms with van der Waals surface area (Å²) in [6, 6.07) is 4.90. The highest BCUT2D eigenvalue weighted by Crippen LogP contribution is 2.31. The number of alkyl halides is 9. The van der Waals surface area contributed by atoms with Gasteiger partial charge in [-0.1, -0.05) is 6.07 Å². The van der Waals surface area contributed by atoms with Crippen LogP contribution in [0.25, 0.3) is 0 Å². The van der Waals surface area contributed by atoms with Gasteiger partial charge in [0.25, 0.3) is 0 Å². The summed E-state index contributed by atoms with van der Waals surface area (Å²) in [5, 5.41) is 21.4. The second-order valence-electron chi connectivity index (χ2n) is 9.29. The normalized spacial score (nSPS) is 20.9. The van der Waals surface area contributed by atoms with Crippen LogP contribution in [0.1, 0.15) is 24.8 Å². The van der Waals surface area contributed by atoms with Crippen molar-refractivity contribution in [1.29, 1.82) is 0 Å². The number of carboxylic acid groups (broad SMARTS) is 3. The number of hydrogen-bond donors (Lipinski definition) is 3. The Morgan fingerprint density at radius 2 is 1.36 bits per heavy atom. The Labute approximate surface area is 232 Å². The molecule has 1 aromatic heterocycles. The van der Waals surface area contributed by atoms with Gasteiger partial charge in [-0.05, 0) is 36.8 Å². The summed E-state index contributed by atoms with van der Waals surface area (Å²) in [6.45, 7) is 6.72. The van der Waals surface area contributed by atoms with E-state index in [1.165, 1.54) is 44.5 Å². The van der Waals surface area contributed by atoms with Crippen LogP contribution in [0.15, 0.2) is 24.5 Å². The molecule has 4 rings (SSSR count). The van der Waals surface area contributed by atoms with Gasteiger partial charge in [0, 0.05) is 57.8 Å². The fraction of sp³-hybridized carbons (Fsp3) is 0.652. The number of halogens is 9. The number of fused-ring (bicyclic) bond motifs is 1. The van der Waals surface area contributed by atoms with Crippen LogP contribution in [0.4, 0.5) is 39.5 Å². The third kappa shape index (κ3) is 15.2. The van der Waals surface area contributed by atoms with E-state index < -0.39 is 36.4 Å². The zero-order valence-electron chi connectivity index (χ0n) is 21.6. The van der Waals surface area contributed by atoms with E-state index in [-0.39, 0.29) is 0 Å². The van der Waals surface area contributed by atoms with E-state index in [1.807, 2.05) is 18.5 Å². The Balaban J connectivity index is 0.000000348. The van der Waals surface area contributed by atoms with Crippen molar-refractivity contribution in [3.8, 4) is 0 Å². The van der Waals surface area contributed by atoms with Crippen molar-refractivity contribution in [2.75, 3.05) is 32.8 Å². The van der Waals surface area contributed by atoms with Crippen LogP contribution in [-0.4, -0.2) is 111 Å². The number of carbonyl (C=O) groups is 3. The lowest BCUT2D eigenvalue weighted by molar-refractivity contribution is -0.193. The molecule has 19 heteroatoms. The van der Waals surface area contributed by atoms with Crippen LogP contribution in [0.2, 0.25) is 0 Å². The van der Waals surface area contributed by atoms with Gasteiger partial charge < -0.3 is 20.1 Å². The molecule has 2 unspecified atom stereocenters. The van der Waals surface area contributed by atoms with Crippen molar-refractivity contribution in [1.82, 2.24) is 14.8 Å². The van der Waals surface area contributed by atoms with Crippen LogP contribution in [0.5, 0.6) is 0 Å². The smallest absolute Gasteiger partial charge is 0.475 e. The van der Waals surface area contributed by atoms with Crippen LogP contribution in [0, 0.1) is 5.92 Å². The molecule has 3 heterocycles. The van der Waals surface area contributed by atoms with Gasteiger partial charge in [0.2, 0.25) is 0 Å². The third-order valence-corrected chi connectivity index (χ3v) is 5.78. The van der Waals surface area contributed by atoms with E-state index >= 15 is 0 Å². The summed E-state index contributed by atoms with van der Waals surface area (Å²) in [6.07, 6.45) is -6.94. The van der Waals surface area contributed by atoms with Crippen LogP contribution in [-0.2, 0) is 25.7 Å². The fourth-order valence-electron chi connectivity index (χ4n) is 3.63. The molecule has 0 aromatic carbocycles. The zero-order valence-corrected chi connectivity index (χ0v) is 21.6. The highest BCUT2D eigenvalue weighted by atomic mass is 19.4. The molecule has 0 spiro atoms. The van der Waals surface area contributed by atoms with E-state index in [1.54, 1.807) is 0 Å². The number of carboxylic acids is 3. The molecule has 3 fully saturated rings. The highest BCUT2D eigenvalue weighted by molar-refractivity contribution is 5.73. The number of aromatic nitrogens is 1. The number of nitrogens with zero attached hydrogens (tertiary/aromatic N) is 3. The molecule has 0 bridgehead atoms. The molecule has 10 nitrogen and oxygen atoms in total. The number of ether oxygens (including phenoxy) is 1. The first-order valence-electron chi connectivity index (χ1n) is 12.1. The number of hydrogen-bond acceptors (Lipinski definition) is 7. The number of rotatable bonds is 5. The van der Waals surface area contributed by atoms with Gasteiger partial charge in [-0.25, -0.2) is 14.4 Å². The van der Waals surface area contributed by atoms with Crippen LogP contribution < -0.4 is 0 Å². The van der Waals surface area contributed by atoms with Gasteiger partial charge in [0.15, 0.2) is 0 Å². The Morgan fingerprint density at radius 1 is 0.857 bits per heavy atom. The molecule has 1 aromatic rings. The van der Waals surface area contributed by atoms with E-state index in [0.29, 0.717) is 12.1 Å². The molecule has 3 aliphatic rings. The SMILES string of the molecule is O=C(O)C(F)(F)F.O=C(O)C(F)(F)F.O=C(O)C(F)(F)F.c1cncc(CN2CCN3CC(OCC4CC4)CC3C2)c1. The van der Waals surface area contributed by atoms with Crippen molar-refractivity contribution in [2.45, 2.75) is 56.5 Å². The van der Waals surface area contributed by atoms with E-state index in [2.05, 4.69) is 20.9 Å². The molecule has 240 valence electrons. The van der Waals surface area contributed by atoms with Crippen molar-refractivity contribution in [3.05, 3.63) is 30.1 Å². The predicted molar refractivity (Wildman–Crippen MR) is 123 cm³/mol. The average molecular weight is 629 g/mol. The summed E-state index contributed by atoms with van der Waals surface area (Å²) < 4.78 is 101. The van der Waals surface area contributed by atoms with Gasteiger partial charge >= 0.3 is 36.4 Å². The number of aliphatic carboxylic acids is 3. The van der Waals surface area contributed by atoms with E-state index in [0.717, 1.165) is 25.6 Å². The van der Waals surface area contributed by atoms with Gasteiger partial charge in [0.1, 0.15) is 0 Å². The van der Waals surface area contributed by atoms with Gasteiger partial charge in [-0.3, -0.25) is 14.8 Å². The van der Waals surface area contributed by atoms with Crippen LogP contribution >= 0.6 is 0 Å². The minimum atomic E-state index is -5.08. The standard InChI is InChI=1S/C17H25N3O.3C2HF3O2/c1-2-15(9-18-5-1)10-19-6-7-20-12-17(8-16(20)11-19)21-13-14-3-4-14;3*3-2(4,5)1(6)7/h1-2,5,9,14,16-17H,3-4,6-8,10-13H2;3*(H,6,7). The number of pyridine rings is 1. The second kappa shape index (κ2) is 15.9. The molecular formula is C23H28F9N3O7. The molecule has 1 saturated carbocycles. The first-order valence-corrected chi connectivity index (χ1v) is 12.1. The predicted octanol–water partition coefficient (Wildman–Crippen LogP) is 3.67. The monoisotopic (exact) mass is 629 g/mol. The van der Waals surface area contributed by atoms with Gasteiger partial charge in [0.05, 0.1) is 6.10 Å². The summed E-state index contributed by atoms with van der Waals surface area (Å²) in [5.74, 6) is -7.39. The maximum absolute atomic E-state index is 10.6. The summed E-state index contributed by atoms with van der Waals surface area (Å²) in [4.78, 5) is 36.1.